The number of benzene rings is 10. The number of aryl methyl sites for hydroxylation is 12. The van der Waals surface area contributed by atoms with E-state index in [-0.39, 0.29) is 66.1 Å². The Labute approximate surface area is 635 Å². The third kappa shape index (κ3) is 19.3. The Kier molecular flexibility index (Phi) is 27.2. The molecule has 0 unspecified atom stereocenters. The van der Waals surface area contributed by atoms with E-state index < -0.39 is 11.5 Å². The van der Waals surface area contributed by atoms with Crippen molar-refractivity contribution >= 4 is 67.1 Å². The molecule has 0 saturated heterocycles. The zero-order valence-electron chi connectivity index (χ0n) is 65.7. The number of rotatable bonds is 6. The molecule has 10 aromatic rings. The van der Waals surface area contributed by atoms with Gasteiger partial charge in [0.1, 0.15) is 0 Å². The summed E-state index contributed by atoms with van der Waals surface area (Å²) < 4.78 is 4.83. The fourth-order valence-corrected chi connectivity index (χ4v) is 13.7. The first kappa shape index (κ1) is 83.5. The molecule has 12 rings (SSSR count). The van der Waals surface area contributed by atoms with Gasteiger partial charge in [-0.15, -0.1) is 23.0 Å². The number of ether oxygens (including phenoxy) is 1. The first-order valence-corrected chi connectivity index (χ1v) is 35.5. The van der Waals surface area contributed by atoms with Crippen molar-refractivity contribution in [2.75, 3.05) is 13.2 Å². The van der Waals surface area contributed by atoms with Gasteiger partial charge in [-0.05, 0) is 185 Å². The number of aliphatic imine (C=N–C) groups is 4. The van der Waals surface area contributed by atoms with Crippen LogP contribution in [0.1, 0.15) is 208 Å². The Hall–Kier alpha value is -8.45. The molecule has 10 aromatic carbocycles. The second-order valence-electron chi connectivity index (χ2n) is 31.7. The molecule has 0 saturated carbocycles. The summed E-state index contributed by atoms with van der Waals surface area (Å²) >= 11 is 0. The van der Waals surface area contributed by atoms with Crippen molar-refractivity contribution in [3.05, 3.63) is 257 Å². The third-order valence-electron chi connectivity index (χ3n) is 18.6. The van der Waals surface area contributed by atoms with E-state index in [1.165, 1.54) is 123 Å². The monoisotopic (exact) mass is 1460 g/mol. The molecule has 0 fully saturated rings. The molecule has 0 bridgehead atoms. The average molecular weight is 1470 g/mol. The normalized spacial score (nSPS) is 13.9. The minimum absolute atomic E-state index is 0. The van der Waals surface area contributed by atoms with E-state index in [0.717, 1.165) is 69.9 Å². The van der Waals surface area contributed by atoms with E-state index in [1.54, 1.807) is 0 Å². The summed E-state index contributed by atoms with van der Waals surface area (Å²) in [7, 11) is 0. The topological polar surface area (TPSA) is 151 Å². The molecule has 0 aromatic heterocycles. The number of hydrogen-bond donors (Lipinski definition) is 0. The fourth-order valence-electron chi connectivity index (χ4n) is 13.7. The molecule has 11 heteroatoms. The van der Waals surface area contributed by atoms with Crippen LogP contribution in [0, 0.1) is 83.1 Å². The summed E-state index contributed by atoms with van der Waals surface area (Å²) in [5.74, 6) is -1.50. The zero-order chi connectivity index (χ0) is 74.7. The van der Waals surface area contributed by atoms with Gasteiger partial charge >= 0.3 is 33.0 Å². The molecule has 9 nitrogen and oxygen atoms in total. The van der Waals surface area contributed by atoms with Crippen LogP contribution in [-0.4, -0.2) is 36.1 Å². The van der Waals surface area contributed by atoms with E-state index >= 15 is 0 Å². The molecule has 103 heavy (non-hydrogen) atoms. The van der Waals surface area contributed by atoms with Crippen molar-refractivity contribution in [3.63, 3.8) is 0 Å². The minimum Gasteiger partial charge on any atom is -0.873 e. The summed E-state index contributed by atoms with van der Waals surface area (Å²) in [4.78, 5) is 21.1. The SMILES string of the molecule is CC(C)(C)c1cc([O-])c([O-])c(C(C)(C)C)c1.CC(C)(C)c1cc([O-])c([O-])c(C(C)(C)C)c1.CCOCC.Cc1cc(C)c(N=C2C(=Nc3c(C)cc(C)cc3C)c3cccc4cccc2c34)c(C)c1.Cc1cc(C)c(N=C2C(=Nc3c(C)cc(C)cc3C)c3cccc4cccc2c34)c(C)c1.[Ni+2].[Ni+2]. The van der Waals surface area contributed by atoms with Gasteiger partial charge in [0.25, 0.3) is 0 Å². The van der Waals surface area contributed by atoms with Gasteiger partial charge in [-0.25, -0.2) is 20.0 Å². The minimum atomic E-state index is -0.391. The summed E-state index contributed by atoms with van der Waals surface area (Å²) in [5.41, 5.74) is 29.6. The Balaban J connectivity index is 0.000000220. The summed E-state index contributed by atoms with van der Waals surface area (Å²) in [6, 6.07) is 50.3. The van der Waals surface area contributed by atoms with Crippen molar-refractivity contribution in [2.24, 2.45) is 20.0 Å². The van der Waals surface area contributed by atoms with E-state index in [1.807, 2.05) is 109 Å². The van der Waals surface area contributed by atoms with Crippen LogP contribution < -0.4 is 20.4 Å². The van der Waals surface area contributed by atoms with Gasteiger partial charge in [-0.3, -0.25) is 0 Å². The molecule has 0 heterocycles. The van der Waals surface area contributed by atoms with Gasteiger partial charge in [0.15, 0.2) is 0 Å². The van der Waals surface area contributed by atoms with E-state index in [9.17, 15) is 20.4 Å². The summed E-state index contributed by atoms with van der Waals surface area (Å²) in [6.07, 6.45) is 0. The van der Waals surface area contributed by atoms with Crippen molar-refractivity contribution in [2.45, 2.75) is 202 Å². The van der Waals surface area contributed by atoms with Crippen LogP contribution in [0.2, 0.25) is 0 Å². The Morgan fingerprint density at radius 2 is 0.515 bits per heavy atom. The summed E-state index contributed by atoms with van der Waals surface area (Å²) in [5, 5.41) is 51.8. The van der Waals surface area contributed by atoms with Crippen LogP contribution in [0.5, 0.6) is 23.0 Å². The smallest absolute Gasteiger partial charge is 0.873 e. The van der Waals surface area contributed by atoms with Crippen LogP contribution in [0.15, 0.2) is 166 Å². The van der Waals surface area contributed by atoms with Gasteiger partial charge in [-0.2, -0.15) is 0 Å². The van der Waals surface area contributed by atoms with E-state index in [2.05, 4.69) is 204 Å². The largest absolute Gasteiger partial charge is 2.00 e. The molecular formula is C92H106N4Ni2O5. The van der Waals surface area contributed by atoms with Crippen molar-refractivity contribution in [1.29, 1.82) is 0 Å². The predicted octanol–water partition coefficient (Wildman–Crippen LogP) is 21.8. The van der Waals surface area contributed by atoms with Crippen LogP contribution in [-0.2, 0) is 59.4 Å². The van der Waals surface area contributed by atoms with Crippen molar-refractivity contribution in [1.82, 2.24) is 0 Å². The molecule has 2 aliphatic rings. The number of nitrogens with zero attached hydrogens (tertiary/aromatic N) is 4. The Morgan fingerprint density at radius 3 is 0.689 bits per heavy atom. The second kappa shape index (κ2) is 33.5. The van der Waals surface area contributed by atoms with Gasteiger partial charge in [0.05, 0.1) is 45.6 Å². The molecule has 0 N–H and O–H groups in total. The fraction of sp³-hybridized carbons (Fsp3) is 0.348. The first-order chi connectivity index (χ1) is 47.1. The predicted molar refractivity (Wildman–Crippen MR) is 423 cm³/mol. The van der Waals surface area contributed by atoms with Crippen LogP contribution in [0.25, 0.3) is 21.5 Å². The van der Waals surface area contributed by atoms with Gasteiger partial charge in [0, 0.05) is 46.2 Å². The summed E-state index contributed by atoms with van der Waals surface area (Å²) in [6.45, 7) is 55.4. The second-order valence-corrected chi connectivity index (χ2v) is 31.7. The first-order valence-electron chi connectivity index (χ1n) is 35.5. The number of hydrogen-bond acceptors (Lipinski definition) is 9. The maximum Gasteiger partial charge on any atom is 2.00 e. The standard InChI is InChI=1S/2C30H28N2.2C14H22O2.C4H10O.2Ni/c2*1-17-13-19(3)27(20(4)14-17)31-29-24-11-7-9-23-10-8-12-25(26(23)24)30(29)32-28-21(5)15-18(2)16-22(28)6;2*1-13(2,3)9-7-10(14(4,5)6)12(16)11(15)8-9;1-3-5-4-2;;/h2*7-16H,1-6H3;2*7-8,15-16H,1-6H3;3-4H2,1-2H3;;/q;;;;;2*+2/p-4. The average Bonchev–Trinajstić information content (AvgIpc) is 1.60. The molecular weight excluding hydrogens is 1360 g/mol. The third-order valence-corrected chi connectivity index (χ3v) is 18.6. The van der Waals surface area contributed by atoms with Crippen LogP contribution >= 0.6 is 0 Å². The van der Waals surface area contributed by atoms with E-state index in [4.69, 9.17) is 24.7 Å². The molecule has 544 valence electrons. The van der Waals surface area contributed by atoms with E-state index in [0.29, 0.717) is 11.1 Å². The molecule has 2 aliphatic carbocycles. The molecule has 0 aliphatic heterocycles. The quantitative estimate of drug-likeness (QED) is 0.152. The Morgan fingerprint density at radius 1 is 0.301 bits per heavy atom. The molecule has 0 atom stereocenters. The maximum atomic E-state index is 11.8. The van der Waals surface area contributed by atoms with Crippen LogP contribution in [0.3, 0.4) is 0 Å². The van der Waals surface area contributed by atoms with Crippen molar-refractivity contribution in [3.8, 4) is 23.0 Å². The zero-order valence-corrected chi connectivity index (χ0v) is 67.7. The maximum absolute atomic E-state index is 11.8. The van der Waals surface area contributed by atoms with Crippen molar-refractivity contribution < 1.29 is 58.1 Å². The van der Waals surface area contributed by atoms with Crippen LogP contribution in [0.4, 0.5) is 22.7 Å². The van der Waals surface area contributed by atoms with Gasteiger partial charge < -0.3 is 25.2 Å². The van der Waals surface area contributed by atoms with Gasteiger partial charge in [-0.1, -0.05) is 262 Å². The molecule has 0 amide bonds. The van der Waals surface area contributed by atoms with Gasteiger partial charge in [0.2, 0.25) is 0 Å². The molecule has 0 spiro atoms. The Bertz CT molecular complexity index is 4310. The molecule has 0 radical (unpaired) electrons.